The van der Waals surface area contributed by atoms with Crippen LogP contribution in [-0.4, -0.2) is 40.1 Å². The maximum absolute atomic E-state index is 14.2. The highest BCUT2D eigenvalue weighted by Gasteiger charge is 2.37. The van der Waals surface area contributed by atoms with Crippen molar-refractivity contribution in [1.82, 2.24) is 14.8 Å². The number of nitrogens with zero attached hydrogens (tertiary/aromatic N) is 3. The average Bonchev–Trinajstić information content (AvgIpc) is 3.36. The van der Waals surface area contributed by atoms with Gasteiger partial charge in [0.05, 0.1) is 18.8 Å². The van der Waals surface area contributed by atoms with E-state index in [-0.39, 0.29) is 17.9 Å². The number of anilines is 1. The first kappa shape index (κ1) is 28.0. The van der Waals surface area contributed by atoms with Crippen LogP contribution in [0.4, 0.5) is 10.3 Å². The number of ether oxygens (including phenoxy) is 3. The van der Waals surface area contributed by atoms with Crippen molar-refractivity contribution in [2.45, 2.75) is 75.9 Å². The minimum atomic E-state index is -0.600. The van der Waals surface area contributed by atoms with Gasteiger partial charge < -0.3 is 19.5 Å². The zero-order valence-corrected chi connectivity index (χ0v) is 23.9. The van der Waals surface area contributed by atoms with Crippen LogP contribution in [0, 0.1) is 5.82 Å². The van der Waals surface area contributed by atoms with Crippen molar-refractivity contribution in [3.05, 3.63) is 70.7 Å². The molecule has 1 atom stereocenters. The van der Waals surface area contributed by atoms with Crippen molar-refractivity contribution in [2.75, 3.05) is 18.5 Å². The molecule has 1 aliphatic carbocycles. The van der Waals surface area contributed by atoms with Crippen LogP contribution in [0.15, 0.2) is 58.9 Å². The molecule has 8 nitrogen and oxygen atoms in total. The summed E-state index contributed by atoms with van der Waals surface area (Å²) in [7, 11) is 0. The van der Waals surface area contributed by atoms with Gasteiger partial charge in [-0.1, -0.05) is 42.4 Å². The molecule has 0 saturated heterocycles. The van der Waals surface area contributed by atoms with Crippen LogP contribution in [0.2, 0.25) is 0 Å². The van der Waals surface area contributed by atoms with Gasteiger partial charge in [-0.15, -0.1) is 5.10 Å². The molecule has 1 aromatic heterocycles. The summed E-state index contributed by atoms with van der Waals surface area (Å²) in [5.41, 5.74) is 2.49. The van der Waals surface area contributed by atoms with E-state index in [0.717, 1.165) is 31.2 Å². The SMILES string of the molecule is CCOc1ccc(C2C(C(=O)OC3CCCCC3)=C(C)Nc3nc(SCc4ccccc4F)nn32)cc1OCC. The van der Waals surface area contributed by atoms with Crippen LogP contribution in [0.1, 0.15) is 70.0 Å². The molecule has 5 rings (SSSR count). The molecule has 1 saturated carbocycles. The molecule has 212 valence electrons. The van der Waals surface area contributed by atoms with E-state index in [1.807, 2.05) is 45.0 Å². The molecule has 0 spiro atoms. The number of carbonyl (C=O) groups excluding carboxylic acids is 1. The van der Waals surface area contributed by atoms with E-state index in [9.17, 15) is 9.18 Å². The summed E-state index contributed by atoms with van der Waals surface area (Å²) in [5.74, 6) is 1.47. The lowest BCUT2D eigenvalue weighted by atomic mass is 9.94. The molecule has 0 amide bonds. The van der Waals surface area contributed by atoms with Crippen molar-refractivity contribution < 1.29 is 23.4 Å². The van der Waals surface area contributed by atoms with Gasteiger partial charge in [0.1, 0.15) is 18.0 Å². The number of fused-ring (bicyclic) bond motifs is 1. The fraction of sp³-hybridized carbons (Fsp3) is 0.433. The first-order valence-corrected chi connectivity index (χ1v) is 14.9. The number of benzene rings is 2. The lowest BCUT2D eigenvalue weighted by molar-refractivity contribution is -0.146. The standard InChI is InChI=1S/C30H35FN4O4S/c1-4-37-24-16-15-20(17-25(24)38-5-2)27-26(28(36)39-22-12-7-6-8-13-22)19(3)32-29-33-30(34-35(27)29)40-18-21-11-9-10-14-23(21)31/h9-11,14-17,22,27H,4-8,12-13,18H2,1-3H3,(H,32,33,34). The molecular weight excluding hydrogens is 531 g/mol. The number of hydrogen-bond donors (Lipinski definition) is 1. The molecule has 1 fully saturated rings. The topological polar surface area (TPSA) is 87.5 Å². The Morgan fingerprint density at radius 1 is 1.07 bits per heavy atom. The van der Waals surface area contributed by atoms with Crippen molar-refractivity contribution in [3.63, 3.8) is 0 Å². The van der Waals surface area contributed by atoms with E-state index in [0.29, 0.717) is 58.4 Å². The molecule has 2 aromatic carbocycles. The fourth-order valence-corrected chi connectivity index (χ4v) is 5.97. The van der Waals surface area contributed by atoms with Crippen LogP contribution in [0.25, 0.3) is 0 Å². The summed E-state index contributed by atoms with van der Waals surface area (Å²) in [6.07, 6.45) is 4.94. The van der Waals surface area contributed by atoms with Gasteiger partial charge in [0, 0.05) is 11.4 Å². The zero-order valence-electron chi connectivity index (χ0n) is 23.1. The third-order valence-corrected chi connectivity index (χ3v) is 7.96. The van der Waals surface area contributed by atoms with Crippen LogP contribution >= 0.6 is 11.8 Å². The molecule has 3 aromatic rings. The quantitative estimate of drug-likeness (QED) is 0.215. The minimum absolute atomic E-state index is 0.0921. The van der Waals surface area contributed by atoms with E-state index in [1.165, 1.54) is 24.2 Å². The lowest BCUT2D eigenvalue weighted by Gasteiger charge is -2.30. The maximum Gasteiger partial charge on any atom is 0.338 e. The largest absolute Gasteiger partial charge is 0.490 e. The highest BCUT2D eigenvalue weighted by Crippen LogP contribution is 2.40. The number of aromatic nitrogens is 3. The molecule has 2 heterocycles. The van der Waals surface area contributed by atoms with Crippen molar-refractivity contribution in [3.8, 4) is 11.5 Å². The minimum Gasteiger partial charge on any atom is -0.490 e. The Bertz CT molecular complexity index is 1390. The van der Waals surface area contributed by atoms with E-state index < -0.39 is 6.04 Å². The first-order valence-electron chi connectivity index (χ1n) is 13.9. The Morgan fingerprint density at radius 3 is 2.58 bits per heavy atom. The Kier molecular flexibility index (Phi) is 8.94. The molecule has 2 aliphatic rings. The van der Waals surface area contributed by atoms with Crippen LogP contribution in [0.3, 0.4) is 0 Å². The fourth-order valence-electron chi connectivity index (χ4n) is 5.16. The summed E-state index contributed by atoms with van der Waals surface area (Å²) in [5, 5.41) is 8.50. The third-order valence-electron chi connectivity index (χ3n) is 7.08. The monoisotopic (exact) mass is 566 g/mol. The predicted molar refractivity (Wildman–Crippen MR) is 152 cm³/mol. The Balaban J connectivity index is 1.51. The van der Waals surface area contributed by atoms with Crippen LogP contribution in [-0.2, 0) is 15.3 Å². The summed E-state index contributed by atoms with van der Waals surface area (Å²) in [6, 6.07) is 11.7. The highest BCUT2D eigenvalue weighted by atomic mass is 32.2. The summed E-state index contributed by atoms with van der Waals surface area (Å²) in [4.78, 5) is 18.4. The van der Waals surface area contributed by atoms with Gasteiger partial charge in [-0.25, -0.2) is 13.9 Å². The second-order valence-electron chi connectivity index (χ2n) is 9.85. The number of nitrogens with one attached hydrogen (secondary N) is 1. The number of esters is 1. The predicted octanol–water partition coefficient (Wildman–Crippen LogP) is 6.67. The van der Waals surface area contributed by atoms with Gasteiger partial charge in [-0.2, -0.15) is 4.98 Å². The highest BCUT2D eigenvalue weighted by molar-refractivity contribution is 7.98. The molecule has 1 N–H and O–H groups in total. The van der Waals surface area contributed by atoms with Crippen molar-refractivity contribution >= 4 is 23.7 Å². The van der Waals surface area contributed by atoms with Crippen molar-refractivity contribution in [2.24, 2.45) is 0 Å². The molecule has 1 aliphatic heterocycles. The van der Waals surface area contributed by atoms with Gasteiger partial charge in [0.15, 0.2) is 11.5 Å². The molecule has 10 heteroatoms. The molecular formula is C30H35FN4O4S. The number of halogens is 1. The lowest BCUT2D eigenvalue weighted by Crippen LogP contribution is -2.32. The van der Waals surface area contributed by atoms with E-state index in [1.54, 1.807) is 16.8 Å². The maximum atomic E-state index is 14.2. The van der Waals surface area contributed by atoms with Gasteiger partial charge in [0.2, 0.25) is 11.1 Å². The second-order valence-corrected chi connectivity index (χ2v) is 10.8. The third kappa shape index (κ3) is 6.11. The van der Waals surface area contributed by atoms with Gasteiger partial charge in [0.25, 0.3) is 0 Å². The van der Waals surface area contributed by atoms with Gasteiger partial charge in [-0.05, 0) is 75.8 Å². The molecule has 0 radical (unpaired) electrons. The molecule has 1 unspecified atom stereocenters. The van der Waals surface area contributed by atoms with Crippen LogP contribution < -0.4 is 14.8 Å². The number of rotatable bonds is 10. The Morgan fingerprint density at radius 2 is 1.82 bits per heavy atom. The number of allylic oxidation sites excluding steroid dienone is 1. The normalized spacial score (nSPS) is 17.2. The molecule has 0 bridgehead atoms. The van der Waals surface area contributed by atoms with E-state index in [2.05, 4.69) is 10.3 Å². The summed E-state index contributed by atoms with van der Waals surface area (Å²) >= 11 is 1.34. The first-order chi connectivity index (χ1) is 19.5. The van der Waals surface area contributed by atoms with Crippen molar-refractivity contribution in [1.29, 1.82) is 0 Å². The summed E-state index contributed by atoms with van der Waals surface area (Å²) < 4.78 is 33.6. The second kappa shape index (κ2) is 12.8. The van der Waals surface area contributed by atoms with Crippen LogP contribution in [0.5, 0.6) is 11.5 Å². The smallest absolute Gasteiger partial charge is 0.338 e. The molecule has 40 heavy (non-hydrogen) atoms. The Labute approximate surface area is 238 Å². The van der Waals surface area contributed by atoms with Gasteiger partial charge >= 0.3 is 5.97 Å². The summed E-state index contributed by atoms with van der Waals surface area (Å²) in [6.45, 7) is 6.66. The Hall–Kier alpha value is -3.53. The van der Waals surface area contributed by atoms with E-state index in [4.69, 9.17) is 19.3 Å². The van der Waals surface area contributed by atoms with Gasteiger partial charge in [-0.3, -0.25) is 0 Å². The average molecular weight is 567 g/mol. The number of carbonyl (C=O) groups is 1. The zero-order chi connectivity index (χ0) is 28.1. The number of thioether (sulfide) groups is 1. The van der Waals surface area contributed by atoms with E-state index >= 15 is 0 Å². The number of hydrogen-bond acceptors (Lipinski definition) is 8.